The fourth-order valence-corrected chi connectivity index (χ4v) is 2.95. The van der Waals surface area contributed by atoms with Crippen LogP contribution in [0.4, 0.5) is 0 Å². The van der Waals surface area contributed by atoms with E-state index in [1.165, 1.54) is 0 Å². The Labute approximate surface area is 128 Å². The van der Waals surface area contributed by atoms with Crippen molar-refractivity contribution in [1.29, 1.82) is 0 Å². The molecule has 1 amide bonds. The molecule has 1 aliphatic rings. The van der Waals surface area contributed by atoms with E-state index < -0.39 is 0 Å². The molecule has 0 N–H and O–H groups in total. The quantitative estimate of drug-likeness (QED) is 0.787. The van der Waals surface area contributed by atoms with E-state index in [0.717, 1.165) is 43.6 Å². The lowest BCUT2D eigenvalue weighted by atomic mass is 10.1. The minimum Gasteiger partial charge on any atom is -0.496 e. The number of alkyl halides is 1. The zero-order chi connectivity index (χ0) is 14.5. The standard InChI is InChI=1S/C15H21BrN2O2/c1-12-3-4-14(20-2)13(11-12)15(19)18-9-7-17(6-5-16)8-10-18/h3-4,11H,5-10H2,1-2H3. The van der Waals surface area contributed by atoms with Crippen molar-refractivity contribution in [3.05, 3.63) is 29.3 Å². The Hall–Kier alpha value is -1.07. The van der Waals surface area contributed by atoms with E-state index in [9.17, 15) is 4.79 Å². The lowest BCUT2D eigenvalue weighted by molar-refractivity contribution is 0.0641. The van der Waals surface area contributed by atoms with E-state index in [-0.39, 0.29) is 5.91 Å². The van der Waals surface area contributed by atoms with Crippen LogP contribution in [0.25, 0.3) is 0 Å². The van der Waals surface area contributed by atoms with Crippen LogP contribution in [-0.4, -0.2) is 60.9 Å². The molecule has 0 radical (unpaired) electrons. The fraction of sp³-hybridized carbons (Fsp3) is 0.533. The number of benzene rings is 1. The van der Waals surface area contributed by atoms with Crippen LogP contribution >= 0.6 is 15.9 Å². The smallest absolute Gasteiger partial charge is 0.257 e. The second-order valence-corrected chi connectivity index (χ2v) is 5.82. The number of ether oxygens (including phenoxy) is 1. The highest BCUT2D eigenvalue weighted by Gasteiger charge is 2.23. The Bertz CT molecular complexity index is 471. The number of carbonyl (C=O) groups is 1. The maximum Gasteiger partial charge on any atom is 0.257 e. The average Bonchev–Trinajstić information content (AvgIpc) is 2.47. The van der Waals surface area contributed by atoms with Crippen LogP contribution in [0.15, 0.2) is 18.2 Å². The molecule has 0 atom stereocenters. The summed E-state index contributed by atoms with van der Waals surface area (Å²) in [7, 11) is 1.61. The second-order valence-electron chi connectivity index (χ2n) is 5.03. The number of amides is 1. The van der Waals surface area contributed by atoms with Crippen LogP contribution in [0.5, 0.6) is 5.75 Å². The van der Waals surface area contributed by atoms with E-state index >= 15 is 0 Å². The zero-order valence-electron chi connectivity index (χ0n) is 12.1. The first-order chi connectivity index (χ1) is 9.65. The molecule has 1 heterocycles. The SMILES string of the molecule is COc1ccc(C)cc1C(=O)N1CCN(CCBr)CC1. The van der Waals surface area contributed by atoms with Gasteiger partial charge in [0.25, 0.3) is 5.91 Å². The van der Waals surface area contributed by atoms with Crippen LogP contribution in [-0.2, 0) is 0 Å². The van der Waals surface area contributed by atoms with Gasteiger partial charge in [-0.25, -0.2) is 0 Å². The number of hydrogen-bond acceptors (Lipinski definition) is 3. The summed E-state index contributed by atoms with van der Waals surface area (Å²) in [5, 5.41) is 0.979. The van der Waals surface area contributed by atoms with Crippen LogP contribution in [0.3, 0.4) is 0 Å². The monoisotopic (exact) mass is 340 g/mol. The van der Waals surface area contributed by atoms with Crippen molar-refractivity contribution in [3.8, 4) is 5.75 Å². The summed E-state index contributed by atoms with van der Waals surface area (Å²) in [5.74, 6) is 0.729. The van der Waals surface area contributed by atoms with Gasteiger partial charge in [0.05, 0.1) is 12.7 Å². The summed E-state index contributed by atoms with van der Waals surface area (Å²) >= 11 is 3.45. The minimum absolute atomic E-state index is 0.0732. The lowest BCUT2D eigenvalue weighted by Crippen LogP contribution is -2.49. The van der Waals surface area contributed by atoms with E-state index in [1.54, 1.807) is 7.11 Å². The van der Waals surface area contributed by atoms with Crippen molar-refractivity contribution in [1.82, 2.24) is 9.80 Å². The Morgan fingerprint density at radius 2 is 2.00 bits per heavy atom. The van der Waals surface area contributed by atoms with Crippen LogP contribution < -0.4 is 4.74 Å². The fourth-order valence-electron chi connectivity index (χ4n) is 2.45. The van der Waals surface area contributed by atoms with Crippen molar-refractivity contribution in [2.75, 3.05) is 45.2 Å². The molecule has 2 rings (SSSR count). The van der Waals surface area contributed by atoms with Gasteiger partial charge >= 0.3 is 0 Å². The first-order valence-electron chi connectivity index (χ1n) is 6.88. The van der Waals surface area contributed by atoms with E-state index in [1.807, 2.05) is 30.0 Å². The Balaban J connectivity index is 2.07. The molecular formula is C15H21BrN2O2. The largest absolute Gasteiger partial charge is 0.496 e. The van der Waals surface area contributed by atoms with Crippen molar-refractivity contribution in [2.24, 2.45) is 0 Å². The number of halogens is 1. The summed E-state index contributed by atoms with van der Waals surface area (Å²) in [6.45, 7) is 6.46. The maximum atomic E-state index is 12.6. The predicted molar refractivity (Wildman–Crippen MR) is 83.9 cm³/mol. The van der Waals surface area contributed by atoms with Gasteiger partial charge in [0.1, 0.15) is 5.75 Å². The van der Waals surface area contributed by atoms with Gasteiger partial charge in [-0.05, 0) is 19.1 Å². The third-order valence-corrected chi connectivity index (χ3v) is 4.00. The van der Waals surface area contributed by atoms with Gasteiger partial charge in [-0.3, -0.25) is 9.69 Å². The normalized spacial score (nSPS) is 16.2. The van der Waals surface area contributed by atoms with Crippen molar-refractivity contribution in [3.63, 3.8) is 0 Å². The number of methoxy groups -OCH3 is 1. The Morgan fingerprint density at radius 3 is 2.60 bits per heavy atom. The number of aryl methyl sites for hydroxylation is 1. The second kappa shape index (κ2) is 7.09. The third kappa shape index (κ3) is 3.52. The molecule has 110 valence electrons. The molecule has 1 fully saturated rings. The van der Waals surface area contributed by atoms with Crippen LogP contribution in [0.1, 0.15) is 15.9 Å². The van der Waals surface area contributed by atoms with Crippen molar-refractivity contribution in [2.45, 2.75) is 6.92 Å². The minimum atomic E-state index is 0.0732. The number of nitrogens with zero attached hydrogens (tertiary/aromatic N) is 2. The van der Waals surface area contributed by atoms with Gasteiger partial charge in [0, 0.05) is 38.1 Å². The maximum absolute atomic E-state index is 12.6. The summed E-state index contributed by atoms with van der Waals surface area (Å²) in [6, 6.07) is 5.74. The molecule has 4 nitrogen and oxygen atoms in total. The summed E-state index contributed by atoms with van der Waals surface area (Å²) < 4.78 is 5.31. The molecule has 1 saturated heterocycles. The first-order valence-corrected chi connectivity index (χ1v) is 8.00. The van der Waals surface area contributed by atoms with E-state index in [4.69, 9.17) is 4.74 Å². The highest BCUT2D eigenvalue weighted by Crippen LogP contribution is 2.22. The van der Waals surface area contributed by atoms with E-state index in [2.05, 4.69) is 20.8 Å². The molecule has 0 aliphatic carbocycles. The molecule has 0 unspecified atom stereocenters. The Morgan fingerprint density at radius 1 is 1.30 bits per heavy atom. The molecular weight excluding hydrogens is 320 g/mol. The van der Waals surface area contributed by atoms with Gasteiger partial charge in [0.2, 0.25) is 0 Å². The summed E-state index contributed by atoms with van der Waals surface area (Å²) in [5.41, 5.74) is 1.74. The number of hydrogen-bond donors (Lipinski definition) is 0. The van der Waals surface area contributed by atoms with Crippen molar-refractivity contribution >= 4 is 21.8 Å². The molecule has 0 bridgehead atoms. The van der Waals surface area contributed by atoms with E-state index in [0.29, 0.717) is 11.3 Å². The first kappa shape index (κ1) is 15.3. The molecule has 1 aromatic carbocycles. The predicted octanol–water partition coefficient (Wildman–Crippen LogP) is 2.16. The topological polar surface area (TPSA) is 32.8 Å². The zero-order valence-corrected chi connectivity index (χ0v) is 13.6. The number of rotatable bonds is 4. The van der Waals surface area contributed by atoms with Gasteiger partial charge in [0.15, 0.2) is 0 Å². The summed E-state index contributed by atoms with van der Waals surface area (Å²) in [4.78, 5) is 16.9. The molecule has 0 aromatic heterocycles. The number of piperazine rings is 1. The van der Waals surface area contributed by atoms with Gasteiger partial charge in [-0.15, -0.1) is 0 Å². The molecule has 0 spiro atoms. The summed E-state index contributed by atoms with van der Waals surface area (Å²) in [6.07, 6.45) is 0. The highest BCUT2D eigenvalue weighted by atomic mass is 79.9. The highest BCUT2D eigenvalue weighted by molar-refractivity contribution is 9.09. The van der Waals surface area contributed by atoms with Gasteiger partial charge in [-0.2, -0.15) is 0 Å². The average molecular weight is 341 g/mol. The van der Waals surface area contributed by atoms with Gasteiger partial charge < -0.3 is 9.64 Å². The third-order valence-electron chi connectivity index (χ3n) is 3.65. The van der Waals surface area contributed by atoms with Gasteiger partial charge in [-0.1, -0.05) is 27.6 Å². The van der Waals surface area contributed by atoms with Crippen LogP contribution in [0.2, 0.25) is 0 Å². The molecule has 1 aromatic rings. The lowest BCUT2D eigenvalue weighted by Gasteiger charge is -2.34. The van der Waals surface area contributed by atoms with Crippen LogP contribution in [0, 0.1) is 6.92 Å². The molecule has 5 heteroatoms. The molecule has 0 saturated carbocycles. The number of carbonyl (C=O) groups excluding carboxylic acids is 1. The van der Waals surface area contributed by atoms with Crippen molar-refractivity contribution < 1.29 is 9.53 Å². The molecule has 1 aliphatic heterocycles. The molecule has 20 heavy (non-hydrogen) atoms. The Kier molecular flexibility index (Phi) is 5.43.